The molecule has 0 aliphatic heterocycles. The van der Waals surface area contributed by atoms with E-state index in [2.05, 4.69) is 4.98 Å². The number of rotatable bonds is 2. The van der Waals surface area contributed by atoms with Crippen molar-refractivity contribution >= 4 is 17.6 Å². The van der Waals surface area contributed by atoms with Gasteiger partial charge < -0.3 is 5.11 Å². The normalized spacial score (nSPS) is 9.83. The fraction of sp³-hybridized carbons (Fsp3) is 0.250. The van der Waals surface area contributed by atoms with Crippen molar-refractivity contribution in [1.82, 2.24) is 4.98 Å². The predicted molar refractivity (Wildman–Crippen MR) is 45.6 cm³/mol. The van der Waals surface area contributed by atoms with Gasteiger partial charge in [0.2, 0.25) is 0 Å². The maximum absolute atomic E-state index is 10.6. The van der Waals surface area contributed by atoms with E-state index >= 15 is 0 Å². The third-order valence-corrected chi connectivity index (χ3v) is 1.74. The van der Waals surface area contributed by atoms with Gasteiger partial charge in [-0.1, -0.05) is 24.6 Å². The van der Waals surface area contributed by atoms with Crippen molar-refractivity contribution in [3.05, 3.63) is 28.5 Å². The van der Waals surface area contributed by atoms with E-state index in [1.165, 1.54) is 0 Å². The molecule has 0 unspecified atom stereocenters. The van der Waals surface area contributed by atoms with Crippen LogP contribution in [0.1, 0.15) is 23.0 Å². The van der Waals surface area contributed by atoms with Crippen LogP contribution in [0.4, 0.5) is 0 Å². The van der Waals surface area contributed by atoms with Crippen LogP contribution >= 0.6 is 11.6 Å². The molecule has 0 spiro atoms. The number of pyridine rings is 1. The molecular weight excluding hydrogens is 178 g/mol. The maximum Gasteiger partial charge on any atom is 0.354 e. The molecular formula is C8H8ClNO2. The van der Waals surface area contributed by atoms with E-state index in [4.69, 9.17) is 16.7 Å². The van der Waals surface area contributed by atoms with Gasteiger partial charge in [-0.05, 0) is 18.1 Å². The van der Waals surface area contributed by atoms with E-state index in [0.29, 0.717) is 12.0 Å². The Hall–Kier alpha value is -1.09. The zero-order valence-corrected chi connectivity index (χ0v) is 7.30. The summed E-state index contributed by atoms with van der Waals surface area (Å²) in [6.07, 6.45) is 0.645. The number of aromatic nitrogens is 1. The minimum atomic E-state index is -1.03. The van der Waals surface area contributed by atoms with Crippen molar-refractivity contribution in [2.45, 2.75) is 13.3 Å². The van der Waals surface area contributed by atoms with Crippen molar-refractivity contribution in [3.8, 4) is 0 Å². The second-order valence-electron chi connectivity index (χ2n) is 2.30. The lowest BCUT2D eigenvalue weighted by Gasteiger charge is -2.01. The van der Waals surface area contributed by atoms with Crippen LogP contribution in [-0.2, 0) is 6.42 Å². The maximum atomic E-state index is 10.6. The Bertz CT molecular complexity index is 312. The van der Waals surface area contributed by atoms with Crippen molar-refractivity contribution in [3.63, 3.8) is 0 Å². The van der Waals surface area contributed by atoms with Gasteiger partial charge in [-0.2, -0.15) is 0 Å². The molecule has 0 aliphatic rings. The SMILES string of the molecule is CCc1ccc(Cl)nc1C(=O)O. The van der Waals surface area contributed by atoms with Gasteiger partial charge in [0.1, 0.15) is 5.15 Å². The van der Waals surface area contributed by atoms with Crippen LogP contribution in [-0.4, -0.2) is 16.1 Å². The molecule has 0 bridgehead atoms. The zero-order chi connectivity index (χ0) is 9.14. The highest BCUT2D eigenvalue weighted by Crippen LogP contribution is 2.11. The second-order valence-corrected chi connectivity index (χ2v) is 2.69. The van der Waals surface area contributed by atoms with Crippen LogP contribution < -0.4 is 0 Å². The molecule has 1 aromatic rings. The number of nitrogens with zero attached hydrogens (tertiary/aromatic N) is 1. The summed E-state index contributed by atoms with van der Waals surface area (Å²) in [6.45, 7) is 1.87. The van der Waals surface area contributed by atoms with Gasteiger partial charge in [-0.25, -0.2) is 9.78 Å². The monoisotopic (exact) mass is 185 g/mol. The Balaban J connectivity index is 3.21. The molecule has 4 heteroatoms. The number of aryl methyl sites for hydroxylation is 1. The summed E-state index contributed by atoms with van der Waals surface area (Å²) in [4.78, 5) is 14.3. The Morgan fingerprint density at radius 3 is 2.83 bits per heavy atom. The molecule has 12 heavy (non-hydrogen) atoms. The zero-order valence-electron chi connectivity index (χ0n) is 6.54. The highest BCUT2D eigenvalue weighted by atomic mass is 35.5. The largest absolute Gasteiger partial charge is 0.477 e. The van der Waals surface area contributed by atoms with Crippen molar-refractivity contribution in [2.24, 2.45) is 0 Å². The lowest BCUT2D eigenvalue weighted by molar-refractivity contribution is 0.0689. The molecule has 1 aromatic heterocycles. The fourth-order valence-electron chi connectivity index (χ4n) is 0.935. The first-order chi connectivity index (χ1) is 5.65. The Morgan fingerprint density at radius 1 is 1.67 bits per heavy atom. The minimum absolute atomic E-state index is 0.0463. The number of carboxylic acids is 1. The second kappa shape index (κ2) is 3.54. The lowest BCUT2D eigenvalue weighted by Crippen LogP contribution is -2.04. The van der Waals surface area contributed by atoms with Gasteiger partial charge in [-0.3, -0.25) is 0 Å². The molecule has 0 atom stereocenters. The summed E-state index contributed by atoms with van der Waals surface area (Å²) in [5.41, 5.74) is 0.747. The van der Waals surface area contributed by atoms with Gasteiger partial charge in [0.05, 0.1) is 0 Å². The van der Waals surface area contributed by atoms with Gasteiger partial charge in [0, 0.05) is 0 Å². The van der Waals surface area contributed by atoms with Gasteiger partial charge in [-0.15, -0.1) is 0 Å². The van der Waals surface area contributed by atoms with Crippen LogP contribution in [0.25, 0.3) is 0 Å². The van der Waals surface area contributed by atoms with E-state index in [9.17, 15) is 4.79 Å². The summed E-state index contributed by atoms with van der Waals surface area (Å²) in [7, 11) is 0. The molecule has 0 radical (unpaired) electrons. The highest BCUT2D eigenvalue weighted by molar-refractivity contribution is 6.29. The minimum Gasteiger partial charge on any atom is -0.477 e. The van der Waals surface area contributed by atoms with E-state index < -0.39 is 5.97 Å². The summed E-state index contributed by atoms with van der Waals surface area (Å²) in [5.74, 6) is -1.03. The molecule has 0 fully saturated rings. The molecule has 3 nitrogen and oxygen atoms in total. The number of hydrogen-bond acceptors (Lipinski definition) is 2. The molecule has 1 N–H and O–H groups in total. The summed E-state index contributed by atoms with van der Waals surface area (Å²) in [5, 5.41) is 8.91. The number of aromatic carboxylic acids is 1. The lowest BCUT2D eigenvalue weighted by atomic mass is 10.1. The Morgan fingerprint density at radius 2 is 2.33 bits per heavy atom. The van der Waals surface area contributed by atoms with Crippen LogP contribution in [0, 0.1) is 0 Å². The smallest absolute Gasteiger partial charge is 0.354 e. The first-order valence-corrected chi connectivity index (χ1v) is 3.91. The van der Waals surface area contributed by atoms with Crippen molar-refractivity contribution < 1.29 is 9.90 Å². The number of hydrogen-bond donors (Lipinski definition) is 1. The summed E-state index contributed by atoms with van der Waals surface area (Å²) >= 11 is 5.54. The molecule has 64 valence electrons. The summed E-state index contributed by atoms with van der Waals surface area (Å²) in [6, 6.07) is 3.27. The average Bonchev–Trinajstić information content (AvgIpc) is 2.04. The topological polar surface area (TPSA) is 50.2 Å². The van der Waals surface area contributed by atoms with E-state index in [1.807, 2.05) is 6.92 Å². The number of carbonyl (C=O) groups is 1. The standard InChI is InChI=1S/C8H8ClNO2/c1-2-5-3-4-6(9)10-7(5)8(11)12/h3-4H,2H2,1H3,(H,11,12). The highest BCUT2D eigenvalue weighted by Gasteiger charge is 2.10. The van der Waals surface area contributed by atoms with Crippen LogP contribution in [0.2, 0.25) is 5.15 Å². The third kappa shape index (κ3) is 1.74. The number of carboxylic acid groups (broad SMARTS) is 1. The molecule has 0 aliphatic carbocycles. The average molecular weight is 186 g/mol. The van der Waals surface area contributed by atoms with E-state index in [1.54, 1.807) is 12.1 Å². The van der Waals surface area contributed by atoms with Gasteiger partial charge in [0.25, 0.3) is 0 Å². The molecule has 1 rings (SSSR count). The van der Waals surface area contributed by atoms with Crippen molar-refractivity contribution in [2.75, 3.05) is 0 Å². The molecule has 0 aromatic carbocycles. The first kappa shape index (κ1) is 9.00. The van der Waals surface area contributed by atoms with Gasteiger partial charge in [0.15, 0.2) is 5.69 Å². The van der Waals surface area contributed by atoms with Gasteiger partial charge >= 0.3 is 5.97 Å². The molecule has 0 saturated carbocycles. The molecule has 1 heterocycles. The first-order valence-electron chi connectivity index (χ1n) is 3.54. The third-order valence-electron chi connectivity index (χ3n) is 1.53. The molecule has 0 amide bonds. The van der Waals surface area contributed by atoms with Crippen molar-refractivity contribution in [1.29, 1.82) is 0 Å². The Kier molecular flexibility index (Phi) is 2.65. The summed E-state index contributed by atoms with van der Waals surface area (Å²) < 4.78 is 0. The van der Waals surface area contributed by atoms with E-state index in [0.717, 1.165) is 0 Å². The fourth-order valence-corrected chi connectivity index (χ4v) is 1.08. The predicted octanol–water partition coefficient (Wildman–Crippen LogP) is 2.00. The quantitative estimate of drug-likeness (QED) is 0.717. The van der Waals surface area contributed by atoms with Crippen LogP contribution in [0.5, 0.6) is 0 Å². The number of halogens is 1. The van der Waals surface area contributed by atoms with E-state index in [-0.39, 0.29) is 10.8 Å². The molecule has 0 saturated heterocycles. The van der Waals surface area contributed by atoms with Crippen LogP contribution in [0.3, 0.4) is 0 Å². The van der Waals surface area contributed by atoms with Crippen LogP contribution in [0.15, 0.2) is 12.1 Å². The Labute approximate surface area is 75.0 Å².